The number of ketones is 1. The highest BCUT2D eigenvalue weighted by molar-refractivity contribution is 9.10. The van der Waals surface area contributed by atoms with Crippen molar-refractivity contribution in [2.45, 2.75) is 19.5 Å². The molecular formula is C13H14BrF3O3. The Morgan fingerprint density at radius 2 is 2.05 bits per heavy atom. The number of hydrogen-bond donors (Lipinski definition) is 0. The number of halogens is 4. The zero-order chi connectivity index (χ0) is 15.2. The van der Waals surface area contributed by atoms with Gasteiger partial charge in [0.25, 0.3) is 0 Å². The first kappa shape index (κ1) is 17.0. The van der Waals surface area contributed by atoms with E-state index in [-0.39, 0.29) is 18.8 Å². The normalized spacial score (nSPS) is 11.4. The molecule has 0 N–H and O–H groups in total. The van der Waals surface area contributed by atoms with Crippen molar-refractivity contribution < 1.29 is 27.4 Å². The molecule has 3 nitrogen and oxygen atoms in total. The van der Waals surface area contributed by atoms with Crippen molar-refractivity contribution in [3.8, 4) is 5.75 Å². The molecule has 0 bridgehead atoms. The van der Waals surface area contributed by atoms with Gasteiger partial charge in [-0.25, -0.2) is 0 Å². The highest BCUT2D eigenvalue weighted by Crippen LogP contribution is 2.24. The third-order valence-corrected chi connectivity index (χ3v) is 2.95. The fraction of sp³-hybridized carbons (Fsp3) is 0.462. The number of Topliss-reactive ketones (excluding diaryl/α,β-unsaturated/α-hetero) is 1. The van der Waals surface area contributed by atoms with Gasteiger partial charge in [0.05, 0.1) is 13.2 Å². The van der Waals surface area contributed by atoms with Crippen LogP contribution in [-0.4, -0.2) is 31.8 Å². The Bertz CT molecular complexity index is 461. The van der Waals surface area contributed by atoms with Crippen LogP contribution in [0.1, 0.15) is 23.7 Å². The molecule has 1 rings (SSSR count). The molecule has 7 heteroatoms. The van der Waals surface area contributed by atoms with E-state index in [1.165, 1.54) is 0 Å². The summed E-state index contributed by atoms with van der Waals surface area (Å²) in [5.74, 6) is 0.325. The summed E-state index contributed by atoms with van der Waals surface area (Å²) in [4.78, 5) is 11.8. The minimum absolute atomic E-state index is 0.108. The van der Waals surface area contributed by atoms with Gasteiger partial charge in [0, 0.05) is 16.5 Å². The van der Waals surface area contributed by atoms with Crippen LogP contribution in [0.4, 0.5) is 13.2 Å². The van der Waals surface area contributed by atoms with Crippen LogP contribution in [0.5, 0.6) is 5.75 Å². The molecule has 0 heterocycles. The first-order valence-corrected chi connectivity index (χ1v) is 6.73. The summed E-state index contributed by atoms with van der Waals surface area (Å²) < 4.78 is 45.8. The lowest BCUT2D eigenvalue weighted by Gasteiger charge is -2.09. The summed E-state index contributed by atoms with van der Waals surface area (Å²) in [6.07, 6.45) is -4.48. The number of alkyl halides is 3. The van der Waals surface area contributed by atoms with Crippen LogP contribution in [-0.2, 0) is 4.74 Å². The predicted octanol–water partition coefficient (Wildman–Crippen LogP) is 4.00. The maximum Gasteiger partial charge on any atom is 0.411 e. The van der Waals surface area contributed by atoms with Crippen molar-refractivity contribution in [2.24, 2.45) is 0 Å². The molecule has 1 aromatic carbocycles. The quantitative estimate of drug-likeness (QED) is 0.548. The average Bonchev–Trinajstić information content (AvgIpc) is 2.34. The van der Waals surface area contributed by atoms with E-state index in [9.17, 15) is 18.0 Å². The van der Waals surface area contributed by atoms with E-state index in [2.05, 4.69) is 20.7 Å². The maximum atomic E-state index is 11.9. The highest BCUT2D eigenvalue weighted by atomic mass is 79.9. The second-order valence-electron chi connectivity index (χ2n) is 3.92. The molecule has 0 saturated carbocycles. The van der Waals surface area contributed by atoms with E-state index >= 15 is 0 Å². The van der Waals surface area contributed by atoms with Crippen LogP contribution in [0.3, 0.4) is 0 Å². The van der Waals surface area contributed by atoms with Crippen molar-refractivity contribution in [3.05, 3.63) is 28.2 Å². The largest absolute Gasteiger partial charge is 0.494 e. The average molecular weight is 355 g/mol. The summed E-state index contributed by atoms with van der Waals surface area (Å²) >= 11 is 3.24. The first-order valence-electron chi connectivity index (χ1n) is 5.93. The second-order valence-corrected chi connectivity index (χ2v) is 4.77. The number of hydrogen-bond acceptors (Lipinski definition) is 3. The number of carbonyl (C=O) groups excluding carboxylic acids is 1. The van der Waals surface area contributed by atoms with E-state index in [4.69, 9.17) is 4.74 Å². The Kier molecular flexibility index (Phi) is 6.48. The van der Waals surface area contributed by atoms with Crippen LogP contribution in [0.15, 0.2) is 22.7 Å². The van der Waals surface area contributed by atoms with Gasteiger partial charge in [-0.2, -0.15) is 13.2 Å². The molecule has 112 valence electrons. The first-order chi connectivity index (χ1) is 9.33. The number of benzene rings is 1. The Morgan fingerprint density at radius 1 is 1.35 bits per heavy atom. The Balaban J connectivity index is 2.51. The lowest BCUT2D eigenvalue weighted by Crippen LogP contribution is -2.18. The minimum Gasteiger partial charge on any atom is -0.494 e. The molecule has 0 aliphatic rings. The molecule has 0 fully saturated rings. The molecule has 20 heavy (non-hydrogen) atoms. The van der Waals surface area contributed by atoms with Gasteiger partial charge >= 0.3 is 6.18 Å². The highest BCUT2D eigenvalue weighted by Gasteiger charge is 2.27. The second kappa shape index (κ2) is 7.64. The third kappa shape index (κ3) is 5.92. The lowest BCUT2D eigenvalue weighted by atomic mass is 10.1. The van der Waals surface area contributed by atoms with E-state index in [1.54, 1.807) is 18.2 Å². The van der Waals surface area contributed by atoms with E-state index in [0.717, 1.165) is 0 Å². The Labute approximate surface area is 123 Å². The molecule has 0 atom stereocenters. The van der Waals surface area contributed by atoms with Gasteiger partial charge in [-0.15, -0.1) is 0 Å². The number of carbonyl (C=O) groups is 1. The summed E-state index contributed by atoms with van der Waals surface area (Å²) in [7, 11) is 0. The van der Waals surface area contributed by atoms with Crippen molar-refractivity contribution >= 4 is 21.7 Å². The summed E-state index contributed by atoms with van der Waals surface area (Å²) in [5.41, 5.74) is 0.393. The maximum absolute atomic E-state index is 11.9. The fourth-order valence-corrected chi connectivity index (χ4v) is 2.04. The standard InChI is InChI=1S/C13H14BrF3O3/c1-2-20-9-3-4-10(11(14)7-9)12(18)5-6-19-8-13(15,16)17/h3-4,7H,2,5-6,8H2,1H3. The van der Waals surface area contributed by atoms with Gasteiger partial charge < -0.3 is 9.47 Å². The molecule has 1 aromatic rings. The van der Waals surface area contributed by atoms with Crippen molar-refractivity contribution in [3.63, 3.8) is 0 Å². The van der Waals surface area contributed by atoms with Crippen molar-refractivity contribution in [2.75, 3.05) is 19.8 Å². The monoisotopic (exact) mass is 354 g/mol. The predicted molar refractivity (Wildman–Crippen MR) is 71.1 cm³/mol. The molecule has 0 radical (unpaired) electrons. The number of rotatable bonds is 7. The van der Waals surface area contributed by atoms with Crippen LogP contribution in [0.2, 0.25) is 0 Å². The molecule has 0 amide bonds. The summed E-state index contributed by atoms with van der Waals surface area (Å²) in [6.45, 7) is 0.735. The van der Waals surface area contributed by atoms with Crippen molar-refractivity contribution in [1.82, 2.24) is 0 Å². The van der Waals surface area contributed by atoms with E-state index in [0.29, 0.717) is 22.4 Å². The van der Waals surface area contributed by atoms with E-state index < -0.39 is 12.8 Å². The summed E-state index contributed by atoms with van der Waals surface area (Å²) in [6, 6.07) is 4.85. The zero-order valence-electron chi connectivity index (χ0n) is 10.8. The Morgan fingerprint density at radius 3 is 2.60 bits per heavy atom. The Hall–Kier alpha value is -1.08. The minimum atomic E-state index is -4.37. The smallest absolute Gasteiger partial charge is 0.411 e. The lowest BCUT2D eigenvalue weighted by molar-refractivity contribution is -0.173. The molecular weight excluding hydrogens is 341 g/mol. The zero-order valence-corrected chi connectivity index (χ0v) is 12.4. The SMILES string of the molecule is CCOc1ccc(C(=O)CCOCC(F)(F)F)c(Br)c1. The van der Waals surface area contributed by atoms with Crippen LogP contribution >= 0.6 is 15.9 Å². The molecule has 0 spiro atoms. The van der Waals surface area contributed by atoms with Gasteiger partial charge in [-0.3, -0.25) is 4.79 Å². The molecule has 0 unspecified atom stereocenters. The van der Waals surface area contributed by atoms with E-state index in [1.807, 2.05) is 6.92 Å². The van der Waals surface area contributed by atoms with Gasteiger partial charge in [0.2, 0.25) is 0 Å². The third-order valence-electron chi connectivity index (χ3n) is 2.29. The molecule has 0 aromatic heterocycles. The summed E-state index contributed by atoms with van der Waals surface area (Å²) in [5, 5.41) is 0. The molecule has 0 aliphatic carbocycles. The van der Waals surface area contributed by atoms with Gasteiger partial charge in [0.15, 0.2) is 5.78 Å². The van der Waals surface area contributed by atoms with Gasteiger partial charge in [-0.05, 0) is 41.1 Å². The van der Waals surface area contributed by atoms with Gasteiger partial charge in [-0.1, -0.05) is 0 Å². The van der Waals surface area contributed by atoms with Gasteiger partial charge in [0.1, 0.15) is 12.4 Å². The molecule has 0 aliphatic heterocycles. The fourth-order valence-electron chi connectivity index (χ4n) is 1.47. The van der Waals surface area contributed by atoms with Crippen LogP contribution < -0.4 is 4.74 Å². The van der Waals surface area contributed by atoms with Crippen LogP contribution in [0, 0.1) is 0 Å². The van der Waals surface area contributed by atoms with Crippen molar-refractivity contribution in [1.29, 1.82) is 0 Å². The van der Waals surface area contributed by atoms with Crippen LogP contribution in [0.25, 0.3) is 0 Å². The number of ether oxygens (including phenoxy) is 2. The molecule has 0 saturated heterocycles. The topological polar surface area (TPSA) is 35.5 Å².